The maximum atomic E-state index is 10.1. The molecule has 3 nitrogen and oxygen atoms in total. The van der Waals surface area contributed by atoms with E-state index >= 15 is 0 Å². The number of nitrogens with two attached hydrogens (primary N) is 1. The van der Waals surface area contributed by atoms with Crippen molar-refractivity contribution >= 4 is 5.97 Å². The molecule has 1 unspecified atom stereocenters. The normalized spacial score (nSPS) is 17.4. The summed E-state index contributed by atoms with van der Waals surface area (Å²) >= 11 is 0. The lowest BCUT2D eigenvalue weighted by atomic mass is 10.1. The SMILES string of the molecule is CC(N)[C@H](C)C(=O)O. The minimum absolute atomic E-state index is 0.257. The van der Waals surface area contributed by atoms with Crippen molar-refractivity contribution in [1.82, 2.24) is 0 Å². The van der Waals surface area contributed by atoms with Gasteiger partial charge in [-0.1, -0.05) is 6.92 Å². The van der Waals surface area contributed by atoms with Gasteiger partial charge in [-0.25, -0.2) is 0 Å². The van der Waals surface area contributed by atoms with Crippen LogP contribution in [0.4, 0.5) is 0 Å². The monoisotopic (exact) mass is 117 g/mol. The Morgan fingerprint density at radius 1 is 1.62 bits per heavy atom. The van der Waals surface area contributed by atoms with Crippen molar-refractivity contribution in [3.8, 4) is 0 Å². The number of aliphatic carboxylic acids is 1. The van der Waals surface area contributed by atoms with E-state index in [1.165, 1.54) is 0 Å². The number of hydrogen-bond acceptors (Lipinski definition) is 2. The fraction of sp³-hybridized carbons (Fsp3) is 0.800. The molecule has 0 saturated carbocycles. The number of carboxylic acids is 1. The average molecular weight is 117 g/mol. The first-order valence-corrected chi connectivity index (χ1v) is 2.54. The smallest absolute Gasteiger partial charge is 0.307 e. The second kappa shape index (κ2) is 2.67. The molecule has 0 aliphatic heterocycles. The predicted octanol–water partition coefficient (Wildman–Crippen LogP) is 0.0543. The van der Waals surface area contributed by atoms with Gasteiger partial charge < -0.3 is 10.8 Å². The van der Waals surface area contributed by atoms with Crippen LogP contribution in [0.25, 0.3) is 0 Å². The summed E-state index contributed by atoms with van der Waals surface area (Å²) in [7, 11) is 0. The Hall–Kier alpha value is -0.570. The summed E-state index contributed by atoms with van der Waals surface area (Å²) < 4.78 is 0. The largest absolute Gasteiger partial charge is 0.481 e. The molecular formula is C5H11NO2. The van der Waals surface area contributed by atoms with E-state index in [-0.39, 0.29) is 6.04 Å². The van der Waals surface area contributed by atoms with E-state index in [1.54, 1.807) is 13.8 Å². The van der Waals surface area contributed by atoms with Crippen LogP contribution in [0.2, 0.25) is 0 Å². The van der Waals surface area contributed by atoms with Crippen LogP contribution in [0.3, 0.4) is 0 Å². The zero-order valence-electron chi connectivity index (χ0n) is 5.09. The van der Waals surface area contributed by atoms with Gasteiger partial charge in [0, 0.05) is 6.04 Å². The first-order chi connectivity index (χ1) is 3.55. The lowest BCUT2D eigenvalue weighted by molar-refractivity contribution is -0.141. The van der Waals surface area contributed by atoms with Gasteiger partial charge in [-0.05, 0) is 6.92 Å². The van der Waals surface area contributed by atoms with Crippen LogP contribution < -0.4 is 5.73 Å². The lowest BCUT2D eigenvalue weighted by Crippen LogP contribution is -2.30. The highest BCUT2D eigenvalue weighted by molar-refractivity contribution is 5.70. The Morgan fingerprint density at radius 2 is 2.00 bits per heavy atom. The molecule has 0 amide bonds. The summed E-state index contributed by atoms with van der Waals surface area (Å²) in [6, 6.07) is -0.257. The zero-order valence-corrected chi connectivity index (χ0v) is 5.09. The van der Waals surface area contributed by atoms with Crippen LogP contribution in [0, 0.1) is 5.92 Å². The molecule has 0 rings (SSSR count). The molecule has 8 heavy (non-hydrogen) atoms. The van der Waals surface area contributed by atoms with Crippen molar-refractivity contribution in [2.45, 2.75) is 19.9 Å². The molecule has 0 fully saturated rings. The van der Waals surface area contributed by atoms with Gasteiger partial charge in [-0.2, -0.15) is 0 Å². The Bertz CT molecular complexity index is 90.4. The van der Waals surface area contributed by atoms with Gasteiger partial charge >= 0.3 is 5.97 Å². The quantitative estimate of drug-likeness (QED) is 0.537. The van der Waals surface area contributed by atoms with Gasteiger partial charge in [0.2, 0.25) is 0 Å². The molecule has 0 aromatic rings. The van der Waals surface area contributed by atoms with Crippen molar-refractivity contribution in [3.05, 3.63) is 0 Å². The highest BCUT2D eigenvalue weighted by Gasteiger charge is 2.14. The van der Waals surface area contributed by atoms with Crippen LogP contribution in [-0.2, 0) is 4.79 Å². The third-order valence-electron chi connectivity index (χ3n) is 1.18. The number of carbonyl (C=O) groups is 1. The fourth-order valence-corrected chi connectivity index (χ4v) is 0.225. The van der Waals surface area contributed by atoms with Gasteiger partial charge in [0.1, 0.15) is 0 Å². The molecule has 0 saturated heterocycles. The number of rotatable bonds is 2. The molecule has 0 aromatic heterocycles. The third-order valence-corrected chi connectivity index (χ3v) is 1.18. The van der Waals surface area contributed by atoms with E-state index in [0.29, 0.717) is 0 Å². The minimum atomic E-state index is -0.833. The van der Waals surface area contributed by atoms with Gasteiger partial charge in [0.25, 0.3) is 0 Å². The molecular weight excluding hydrogens is 106 g/mol. The Labute approximate surface area is 48.5 Å². The van der Waals surface area contributed by atoms with Crippen molar-refractivity contribution in [3.63, 3.8) is 0 Å². The number of carboxylic acid groups (broad SMARTS) is 1. The van der Waals surface area contributed by atoms with E-state index < -0.39 is 11.9 Å². The summed E-state index contributed by atoms with van der Waals surface area (Å²) in [6.07, 6.45) is 0. The Morgan fingerprint density at radius 3 is 2.00 bits per heavy atom. The molecule has 2 atom stereocenters. The maximum Gasteiger partial charge on any atom is 0.307 e. The predicted molar refractivity (Wildman–Crippen MR) is 30.4 cm³/mol. The van der Waals surface area contributed by atoms with Crippen LogP contribution in [0.15, 0.2) is 0 Å². The van der Waals surface area contributed by atoms with E-state index in [2.05, 4.69) is 0 Å². The molecule has 0 heterocycles. The van der Waals surface area contributed by atoms with Crippen molar-refractivity contribution in [2.75, 3.05) is 0 Å². The topological polar surface area (TPSA) is 63.3 Å². The van der Waals surface area contributed by atoms with Gasteiger partial charge in [0.15, 0.2) is 0 Å². The number of hydrogen-bond donors (Lipinski definition) is 2. The average Bonchev–Trinajstić information content (AvgIpc) is 1.64. The molecule has 0 bridgehead atoms. The highest BCUT2D eigenvalue weighted by atomic mass is 16.4. The summed E-state index contributed by atoms with van der Waals surface area (Å²) in [5.41, 5.74) is 5.26. The molecule has 0 spiro atoms. The second-order valence-corrected chi connectivity index (χ2v) is 1.99. The van der Waals surface area contributed by atoms with E-state index in [1.807, 2.05) is 0 Å². The summed E-state index contributed by atoms with van der Waals surface area (Å²) in [4.78, 5) is 10.1. The van der Waals surface area contributed by atoms with Crippen LogP contribution in [-0.4, -0.2) is 17.1 Å². The van der Waals surface area contributed by atoms with Crippen LogP contribution in [0.1, 0.15) is 13.8 Å². The summed E-state index contributed by atoms with van der Waals surface area (Å²) in [5.74, 6) is -1.27. The molecule has 0 radical (unpaired) electrons. The van der Waals surface area contributed by atoms with Crippen LogP contribution in [0.5, 0.6) is 0 Å². The zero-order chi connectivity index (χ0) is 6.73. The van der Waals surface area contributed by atoms with Gasteiger partial charge in [-0.3, -0.25) is 4.79 Å². The van der Waals surface area contributed by atoms with Crippen molar-refractivity contribution in [1.29, 1.82) is 0 Å². The standard InChI is InChI=1S/C5H11NO2/c1-3(4(2)6)5(7)8/h3-4H,6H2,1-2H3,(H,7,8)/t3-,4?/m0/s1. The third kappa shape index (κ3) is 1.93. The summed E-state index contributed by atoms with van der Waals surface area (Å²) in [5, 5.41) is 8.27. The molecule has 0 aliphatic rings. The van der Waals surface area contributed by atoms with Gasteiger partial charge in [0.05, 0.1) is 5.92 Å². The molecule has 0 aromatic carbocycles. The molecule has 3 N–H and O–H groups in total. The first-order valence-electron chi connectivity index (χ1n) is 2.54. The minimum Gasteiger partial charge on any atom is -0.481 e. The van der Waals surface area contributed by atoms with Crippen molar-refractivity contribution in [2.24, 2.45) is 11.7 Å². The summed E-state index contributed by atoms with van der Waals surface area (Å²) in [6.45, 7) is 3.27. The Kier molecular flexibility index (Phi) is 2.48. The van der Waals surface area contributed by atoms with Gasteiger partial charge in [-0.15, -0.1) is 0 Å². The van der Waals surface area contributed by atoms with E-state index in [9.17, 15) is 4.79 Å². The molecule has 48 valence electrons. The molecule has 3 heteroatoms. The fourth-order valence-electron chi connectivity index (χ4n) is 0.225. The first kappa shape index (κ1) is 7.43. The molecule has 0 aliphatic carbocycles. The lowest BCUT2D eigenvalue weighted by Gasteiger charge is -2.07. The van der Waals surface area contributed by atoms with Crippen molar-refractivity contribution < 1.29 is 9.90 Å². The highest BCUT2D eigenvalue weighted by Crippen LogP contribution is 1.97. The second-order valence-electron chi connectivity index (χ2n) is 1.99. The Balaban J connectivity index is 3.64. The van der Waals surface area contributed by atoms with E-state index in [4.69, 9.17) is 10.8 Å². The van der Waals surface area contributed by atoms with E-state index in [0.717, 1.165) is 0 Å². The van der Waals surface area contributed by atoms with Crippen LogP contribution >= 0.6 is 0 Å². The maximum absolute atomic E-state index is 10.1.